The summed E-state index contributed by atoms with van der Waals surface area (Å²) < 4.78 is 42.5. The highest BCUT2D eigenvalue weighted by atomic mass is 32.2. The molecule has 2 rings (SSSR count). The third-order valence-electron chi connectivity index (χ3n) is 4.32. The van der Waals surface area contributed by atoms with Gasteiger partial charge in [-0.2, -0.15) is 0 Å². The van der Waals surface area contributed by atoms with Crippen molar-refractivity contribution in [3.8, 4) is 0 Å². The van der Waals surface area contributed by atoms with Crippen LogP contribution in [0.15, 0.2) is 47.5 Å². The molecule has 2 aromatic rings. The largest absolute Gasteiger partial charge is 0.374 e. The quantitative estimate of drug-likeness (QED) is 0.467. The molecule has 0 saturated carbocycles. The minimum Gasteiger partial charge on any atom is -0.374 e. The van der Waals surface area contributed by atoms with Gasteiger partial charge in [0.15, 0.2) is 15.8 Å². The van der Waals surface area contributed by atoms with Gasteiger partial charge in [0.05, 0.1) is 18.5 Å². The molecule has 2 aromatic carbocycles. The fourth-order valence-electron chi connectivity index (χ4n) is 2.78. The van der Waals surface area contributed by atoms with Gasteiger partial charge in [-0.25, -0.2) is 12.8 Å². The van der Waals surface area contributed by atoms with E-state index in [9.17, 15) is 12.8 Å². The van der Waals surface area contributed by atoms with E-state index in [0.29, 0.717) is 30.2 Å². The van der Waals surface area contributed by atoms with Gasteiger partial charge in [-0.3, -0.25) is 4.99 Å². The van der Waals surface area contributed by atoms with Gasteiger partial charge < -0.3 is 15.4 Å². The molecule has 0 spiro atoms. The third kappa shape index (κ3) is 8.51. The van der Waals surface area contributed by atoms with E-state index in [1.807, 2.05) is 38.1 Å². The zero-order valence-electron chi connectivity index (χ0n) is 17.9. The van der Waals surface area contributed by atoms with Crippen LogP contribution in [0.25, 0.3) is 0 Å². The summed E-state index contributed by atoms with van der Waals surface area (Å²) in [7, 11) is -1.58. The number of hydrogen-bond acceptors (Lipinski definition) is 4. The Kier molecular flexibility index (Phi) is 8.80. The number of aliphatic imine (C=N–C) groups is 1. The molecule has 2 N–H and O–H groups in total. The average molecular weight is 436 g/mol. The SMILES string of the molecule is CN=C(NCc1ccc(COC(C)C)cc1)NCc1cc(F)ccc1CS(C)(=O)=O. The normalized spacial score (nSPS) is 12.3. The molecule has 0 unspecified atom stereocenters. The summed E-state index contributed by atoms with van der Waals surface area (Å²) in [5, 5.41) is 6.31. The van der Waals surface area contributed by atoms with E-state index in [1.165, 1.54) is 18.2 Å². The second-order valence-corrected chi connectivity index (χ2v) is 9.58. The maximum absolute atomic E-state index is 13.7. The minimum absolute atomic E-state index is 0.136. The first-order valence-corrected chi connectivity index (χ1v) is 11.8. The molecule has 0 amide bonds. The van der Waals surface area contributed by atoms with Crippen molar-refractivity contribution in [2.75, 3.05) is 13.3 Å². The molecule has 0 atom stereocenters. The standard InChI is InChI=1S/C22H30FN3O3S/c1-16(2)29-14-18-7-5-17(6-8-18)12-25-22(24-3)26-13-20-11-21(23)10-9-19(20)15-30(4,27)28/h5-11,16H,12-15H2,1-4H3,(H2,24,25,26). The second kappa shape index (κ2) is 11.1. The van der Waals surface area contributed by atoms with Crippen molar-refractivity contribution >= 4 is 15.8 Å². The van der Waals surface area contributed by atoms with Gasteiger partial charge in [0.1, 0.15) is 5.82 Å². The second-order valence-electron chi connectivity index (χ2n) is 7.44. The van der Waals surface area contributed by atoms with Crippen molar-refractivity contribution in [1.82, 2.24) is 10.6 Å². The minimum atomic E-state index is -3.22. The molecule has 164 valence electrons. The number of ether oxygens (including phenoxy) is 1. The van der Waals surface area contributed by atoms with Gasteiger partial charge in [-0.05, 0) is 48.2 Å². The fraction of sp³-hybridized carbons (Fsp3) is 0.409. The Labute approximate surface area is 178 Å². The summed E-state index contributed by atoms with van der Waals surface area (Å²) in [4.78, 5) is 4.17. The molecule has 0 radical (unpaired) electrons. The van der Waals surface area contributed by atoms with Gasteiger partial charge in [0.2, 0.25) is 0 Å². The van der Waals surface area contributed by atoms with E-state index in [0.717, 1.165) is 17.4 Å². The molecule has 0 aromatic heterocycles. The van der Waals surface area contributed by atoms with Crippen LogP contribution in [-0.2, 0) is 40.0 Å². The van der Waals surface area contributed by atoms with Crippen LogP contribution in [0, 0.1) is 5.82 Å². The number of guanidine groups is 1. The average Bonchev–Trinajstić information content (AvgIpc) is 2.68. The predicted octanol–water partition coefficient (Wildman–Crippen LogP) is 3.16. The zero-order chi connectivity index (χ0) is 22.1. The lowest BCUT2D eigenvalue weighted by Gasteiger charge is -2.15. The molecule has 0 aliphatic heterocycles. The fourth-order valence-corrected chi connectivity index (χ4v) is 3.63. The van der Waals surface area contributed by atoms with E-state index in [4.69, 9.17) is 4.74 Å². The summed E-state index contributed by atoms with van der Waals surface area (Å²) in [6.07, 6.45) is 1.35. The van der Waals surface area contributed by atoms with Crippen molar-refractivity contribution in [1.29, 1.82) is 0 Å². The van der Waals surface area contributed by atoms with E-state index in [-0.39, 0.29) is 18.4 Å². The lowest BCUT2D eigenvalue weighted by atomic mass is 10.1. The van der Waals surface area contributed by atoms with Crippen LogP contribution >= 0.6 is 0 Å². The highest BCUT2D eigenvalue weighted by Crippen LogP contribution is 2.14. The Morgan fingerprint density at radius 2 is 1.67 bits per heavy atom. The predicted molar refractivity (Wildman–Crippen MR) is 118 cm³/mol. The topological polar surface area (TPSA) is 79.8 Å². The zero-order valence-corrected chi connectivity index (χ0v) is 18.7. The first kappa shape index (κ1) is 23.8. The number of sulfone groups is 1. The van der Waals surface area contributed by atoms with Crippen LogP contribution in [0.2, 0.25) is 0 Å². The molecule has 30 heavy (non-hydrogen) atoms. The van der Waals surface area contributed by atoms with Gasteiger partial charge in [0, 0.05) is 26.4 Å². The summed E-state index contributed by atoms with van der Waals surface area (Å²) in [5.74, 6) is -0.00579. The molecular weight excluding hydrogens is 405 g/mol. The van der Waals surface area contributed by atoms with Crippen molar-refractivity contribution < 1.29 is 17.5 Å². The lowest BCUT2D eigenvalue weighted by Crippen LogP contribution is -2.36. The molecular formula is C22H30FN3O3S. The van der Waals surface area contributed by atoms with Crippen LogP contribution in [0.5, 0.6) is 0 Å². The number of nitrogens with zero attached hydrogens (tertiary/aromatic N) is 1. The lowest BCUT2D eigenvalue weighted by molar-refractivity contribution is 0.0657. The van der Waals surface area contributed by atoms with E-state index in [1.54, 1.807) is 7.05 Å². The molecule has 0 aliphatic carbocycles. The Hall–Kier alpha value is -2.45. The number of hydrogen-bond donors (Lipinski definition) is 2. The third-order valence-corrected chi connectivity index (χ3v) is 5.16. The molecule has 0 fully saturated rings. The summed E-state index contributed by atoms with van der Waals surface area (Å²) in [6, 6.07) is 12.2. The van der Waals surface area contributed by atoms with Crippen LogP contribution in [0.1, 0.15) is 36.1 Å². The monoisotopic (exact) mass is 435 g/mol. The summed E-state index contributed by atoms with van der Waals surface area (Å²) in [5.41, 5.74) is 3.34. The molecule has 8 heteroatoms. The summed E-state index contributed by atoms with van der Waals surface area (Å²) in [6.45, 7) is 5.41. The Morgan fingerprint density at radius 1 is 1.03 bits per heavy atom. The maximum atomic E-state index is 13.7. The van der Waals surface area contributed by atoms with Crippen LogP contribution in [0.3, 0.4) is 0 Å². The molecule has 0 heterocycles. The molecule has 0 aliphatic rings. The Bertz CT molecular complexity index is 958. The first-order valence-electron chi connectivity index (χ1n) is 9.75. The van der Waals surface area contributed by atoms with E-state index in [2.05, 4.69) is 15.6 Å². The number of halogens is 1. The number of nitrogens with one attached hydrogen (secondary N) is 2. The van der Waals surface area contributed by atoms with Crippen LogP contribution in [0.4, 0.5) is 4.39 Å². The van der Waals surface area contributed by atoms with Crippen molar-refractivity contribution in [2.24, 2.45) is 4.99 Å². The Balaban J connectivity index is 1.93. The van der Waals surface area contributed by atoms with Crippen molar-refractivity contribution in [3.05, 3.63) is 70.5 Å². The highest BCUT2D eigenvalue weighted by molar-refractivity contribution is 7.89. The van der Waals surface area contributed by atoms with Crippen molar-refractivity contribution in [3.63, 3.8) is 0 Å². The first-order chi connectivity index (χ1) is 14.2. The smallest absolute Gasteiger partial charge is 0.191 e. The Morgan fingerprint density at radius 3 is 2.27 bits per heavy atom. The molecule has 0 saturated heterocycles. The van der Waals surface area contributed by atoms with Gasteiger partial charge in [-0.15, -0.1) is 0 Å². The van der Waals surface area contributed by atoms with E-state index < -0.39 is 15.7 Å². The number of rotatable bonds is 9. The molecule has 6 nitrogen and oxygen atoms in total. The summed E-state index contributed by atoms with van der Waals surface area (Å²) >= 11 is 0. The molecule has 0 bridgehead atoms. The van der Waals surface area contributed by atoms with E-state index >= 15 is 0 Å². The number of benzene rings is 2. The maximum Gasteiger partial charge on any atom is 0.191 e. The van der Waals surface area contributed by atoms with Gasteiger partial charge in [0.25, 0.3) is 0 Å². The van der Waals surface area contributed by atoms with Gasteiger partial charge in [-0.1, -0.05) is 30.3 Å². The van der Waals surface area contributed by atoms with Crippen LogP contribution in [-0.4, -0.2) is 33.8 Å². The highest BCUT2D eigenvalue weighted by Gasteiger charge is 2.11. The van der Waals surface area contributed by atoms with Crippen molar-refractivity contribution in [2.45, 2.75) is 45.4 Å². The van der Waals surface area contributed by atoms with Crippen LogP contribution < -0.4 is 10.6 Å². The van der Waals surface area contributed by atoms with Gasteiger partial charge >= 0.3 is 0 Å².